The summed E-state index contributed by atoms with van der Waals surface area (Å²) >= 11 is 0. The van der Waals surface area contributed by atoms with Crippen LogP contribution in [0.2, 0.25) is 0 Å². The smallest absolute Gasteiger partial charge is 0.269 e. The van der Waals surface area contributed by atoms with Crippen LogP contribution in [0.3, 0.4) is 0 Å². The van der Waals surface area contributed by atoms with E-state index in [0.717, 1.165) is 11.1 Å². The van der Waals surface area contributed by atoms with E-state index in [4.69, 9.17) is 14.2 Å². The number of methoxy groups -OCH3 is 3. The largest absolute Gasteiger partial charge is 0.493 e. The van der Waals surface area contributed by atoms with Crippen molar-refractivity contribution in [2.45, 2.75) is 19.6 Å². The minimum absolute atomic E-state index is 0.0156. The van der Waals surface area contributed by atoms with Gasteiger partial charge in [-0.05, 0) is 47.9 Å². The van der Waals surface area contributed by atoms with Crippen molar-refractivity contribution < 1.29 is 23.9 Å². The molecule has 0 radical (unpaired) electrons. The third-order valence-electron chi connectivity index (χ3n) is 6.14. The van der Waals surface area contributed by atoms with Crippen molar-refractivity contribution in [1.82, 2.24) is 9.91 Å². The van der Waals surface area contributed by atoms with E-state index in [9.17, 15) is 14.9 Å². The number of hydrogen-bond acceptors (Lipinski definition) is 8. The summed E-state index contributed by atoms with van der Waals surface area (Å²) in [6, 6.07) is 19.6. The summed E-state index contributed by atoms with van der Waals surface area (Å²) in [7, 11) is 4.61. The number of rotatable bonds is 9. The Bertz CT molecular complexity index is 1290. The lowest BCUT2D eigenvalue weighted by molar-refractivity contribution is -0.384. The molecule has 1 aliphatic heterocycles. The van der Waals surface area contributed by atoms with Crippen molar-refractivity contribution in [2.24, 2.45) is 5.10 Å². The minimum Gasteiger partial charge on any atom is -0.493 e. The van der Waals surface area contributed by atoms with Crippen LogP contribution < -0.4 is 14.2 Å². The number of benzene rings is 3. The summed E-state index contributed by atoms with van der Waals surface area (Å²) < 4.78 is 16.6. The maximum atomic E-state index is 13.3. The highest BCUT2D eigenvalue weighted by Gasteiger charge is 2.40. The van der Waals surface area contributed by atoms with Gasteiger partial charge in [0, 0.05) is 18.7 Å². The molecule has 4 rings (SSSR count). The van der Waals surface area contributed by atoms with Crippen molar-refractivity contribution in [2.75, 3.05) is 27.9 Å². The Morgan fingerprint density at radius 3 is 2.16 bits per heavy atom. The highest BCUT2D eigenvalue weighted by Crippen LogP contribution is 2.43. The molecule has 0 N–H and O–H groups in total. The van der Waals surface area contributed by atoms with E-state index >= 15 is 0 Å². The standard InChI is InChI=1S/C27H28N4O6/c1-18(20-10-12-22(13-11-20)31(33)34)28-30-25(32)17-29(16-19-8-6-5-7-9-19)27(30)21-14-23(35-2)26(37-4)24(15-21)36-3/h5-15,27H,16-17H2,1-4H3/b28-18-/t27-/m1/s1. The molecular formula is C27H28N4O6. The van der Waals surface area contributed by atoms with E-state index in [-0.39, 0.29) is 18.1 Å². The molecule has 0 spiro atoms. The van der Waals surface area contributed by atoms with E-state index in [1.165, 1.54) is 38.5 Å². The number of nitro groups is 1. The topological polar surface area (TPSA) is 107 Å². The van der Waals surface area contributed by atoms with Crippen molar-refractivity contribution in [1.29, 1.82) is 0 Å². The van der Waals surface area contributed by atoms with Crippen LogP contribution in [-0.4, -0.2) is 54.3 Å². The van der Waals surface area contributed by atoms with Crippen molar-refractivity contribution in [3.05, 3.63) is 93.5 Å². The molecule has 192 valence electrons. The lowest BCUT2D eigenvalue weighted by Gasteiger charge is -2.29. The van der Waals surface area contributed by atoms with Gasteiger partial charge in [0.15, 0.2) is 11.5 Å². The molecule has 10 nitrogen and oxygen atoms in total. The molecular weight excluding hydrogens is 476 g/mol. The lowest BCUT2D eigenvalue weighted by Crippen LogP contribution is -2.29. The molecule has 1 amide bonds. The number of nitro benzene ring substituents is 1. The SMILES string of the molecule is COc1cc([C@@H]2N(Cc3ccccc3)CC(=O)N2/N=C(/C)c2ccc([N+](=O)[O-])cc2)cc(OC)c1OC. The molecule has 3 aromatic rings. The number of hydrazone groups is 1. The third kappa shape index (κ3) is 5.39. The number of carbonyl (C=O) groups excluding carboxylic acids is 1. The first-order valence-corrected chi connectivity index (χ1v) is 11.6. The first-order valence-electron chi connectivity index (χ1n) is 11.6. The van der Waals surface area contributed by atoms with Crippen LogP contribution in [0.15, 0.2) is 71.8 Å². The van der Waals surface area contributed by atoms with Crippen LogP contribution in [0.4, 0.5) is 5.69 Å². The zero-order chi connectivity index (χ0) is 26.5. The first-order chi connectivity index (χ1) is 17.9. The van der Waals surface area contributed by atoms with Gasteiger partial charge in [-0.1, -0.05) is 30.3 Å². The Morgan fingerprint density at radius 2 is 1.62 bits per heavy atom. The van der Waals surface area contributed by atoms with Gasteiger partial charge in [0.25, 0.3) is 11.6 Å². The fourth-order valence-electron chi connectivity index (χ4n) is 4.34. The minimum atomic E-state index is -0.561. The number of ether oxygens (including phenoxy) is 3. The van der Waals surface area contributed by atoms with Crippen LogP contribution in [0.25, 0.3) is 0 Å². The molecule has 0 aliphatic carbocycles. The zero-order valence-electron chi connectivity index (χ0n) is 21.1. The van der Waals surface area contributed by atoms with Gasteiger partial charge in [-0.25, -0.2) is 5.01 Å². The van der Waals surface area contributed by atoms with Gasteiger partial charge in [-0.15, -0.1) is 0 Å². The predicted molar refractivity (Wildman–Crippen MR) is 138 cm³/mol. The molecule has 10 heteroatoms. The molecule has 3 aromatic carbocycles. The summed E-state index contributed by atoms with van der Waals surface area (Å²) in [4.78, 5) is 25.9. The van der Waals surface area contributed by atoms with E-state index in [0.29, 0.717) is 35.1 Å². The van der Waals surface area contributed by atoms with Crippen LogP contribution >= 0.6 is 0 Å². The Morgan fingerprint density at radius 1 is 1.00 bits per heavy atom. The number of non-ortho nitro benzene ring substituents is 1. The Hall–Kier alpha value is -4.44. The van der Waals surface area contributed by atoms with Crippen LogP contribution in [0.1, 0.15) is 29.8 Å². The van der Waals surface area contributed by atoms with Gasteiger partial charge in [-0.2, -0.15) is 5.10 Å². The van der Waals surface area contributed by atoms with Gasteiger partial charge in [0.2, 0.25) is 5.75 Å². The number of carbonyl (C=O) groups is 1. The summed E-state index contributed by atoms with van der Waals surface area (Å²) in [6.45, 7) is 2.42. The summed E-state index contributed by atoms with van der Waals surface area (Å²) in [5.74, 6) is 1.19. The molecule has 1 saturated heterocycles. The Kier molecular flexibility index (Phi) is 7.69. The number of amides is 1. The molecule has 0 bridgehead atoms. The highest BCUT2D eigenvalue weighted by atomic mass is 16.6. The Labute approximate surface area is 214 Å². The summed E-state index contributed by atoms with van der Waals surface area (Å²) in [5, 5.41) is 17.2. The van der Waals surface area contributed by atoms with Crippen LogP contribution in [0.5, 0.6) is 17.2 Å². The first kappa shape index (κ1) is 25.6. The zero-order valence-corrected chi connectivity index (χ0v) is 21.1. The molecule has 1 fully saturated rings. The fourth-order valence-corrected chi connectivity index (χ4v) is 4.34. The Balaban J connectivity index is 1.78. The molecule has 1 atom stereocenters. The van der Waals surface area contributed by atoms with Gasteiger partial charge in [0.05, 0.1) is 38.5 Å². The van der Waals surface area contributed by atoms with Gasteiger partial charge in [0.1, 0.15) is 6.17 Å². The quantitative estimate of drug-likeness (QED) is 0.242. The second-order valence-corrected chi connectivity index (χ2v) is 8.45. The van der Waals surface area contributed by atoms with E-state index in [1.54, 1.807) is 19.1 Å². The second-order valence-electron chi connectivity index (χ2n) is 8.45. The predicted octanol–water partition coefficient (Wildman–Crippen LogP) is 4.39. The number of hydrogen-bond donors (Lipinski definition) is 0. The average molecular weight is 505 g/mol. The van der Waals surface area contributed by atoms with Crippen molar-refractivity contribution in [3.63, 3.8) is 0 Å². The normalized spacial score (nSPS) is 16.1. The summed E-state index contributed by atoms with van der Waals surface area (Å²) in [6.07, 6.45) is -0.561. The monoisotopic (exact) mass is 504 g/mol. The van der Waals surface area contributed by atoms with Crippen molar-refractivity contribution >= 4 is 17.3 Å². The fraction of sp³-hybridized carbons (Fsp3) is 0.259. The van der Waals surface area contributed by atoms with Gasteiger partial charge < -0.3 is 14.2 Å². The average Bonchev–Trinajstić information content (AvgIpc) is 3.22. The third-order valence-corrected chi connectivity index (χ3v) is 6.14. The molecule has 1 heterocycles. The van der Waals surface area contributed by atoms with Gasteiger partial charge >= 0.3 is 0 Å². The van der Waals surface area contributed by atoms with Crippen LogP contribution in [-0.2, 0) is 11.3 Å². The van der Waals surface area contributed by atoms with Crippen molar-refractivity contribution in [3.8, 4) is 17.2 Å². The lowest BCUT2D eigenvalue weighted by atomic mass is 10.1. The molecule has 0 unspecified atom stereocenters. The van der Waals surface area contributed by atoms with E-state index < -0.39 is 11.1 Å². The van der Waals surface area contributed by atoms with E-state index in [1.807, 2.05) is 47.4 Å². The van der Waals surface area contributed by atoms with Gasteiger partial charge in [-0.3, -0.25) is 19.8 Å². The van der Waals surface area contributed by atoms with Crippen LogP contribution in [0, 0.1) is 10.1 Å². The molecule has 1 aliphatic rings. The molecule has 0 aromatic heterocycles. The highest BCUT2D eigenvalue weighted by molar-refractivity contribution is 5.99. The maximum absolute atomic E-state index is 13.3. The molecule has 0 saturated carbocycles. The molecule has 37 heavy (non-hydrogen) atoms. The maximum Gasteiger partial charge on any atom is 0.269 e. The van der Waals surface area contributed by atoms with E-state index in [2.05, 4.69) is 5.10 Å². The second kappa shape index (κ2) is 11.1. The summed E-state index contributed by atoms with van der Waals surface area (Å²) in [5.41, 5.74) is 2.98. The number of nitrogens with zero attached hydrogens (tertiary/aromatic N) is 4.